The van der Waals surface area contributed by atoms with E-state index in [4.69, 9.17) is 4.74 Å². The van der Waals surface area contributed by atoms with E-state index in [1.165, 1.54) is 0 Å². The lowest BCUT2D eigenvalue weighted by Gasteiger charge is -2.29. The first kappa shape index (κ1) is 18.9. The van der Waals surface area contributed by atoms with Gasteiger partial charge in [-0.15, -0.1) is 0 Å². The molecule has 0 fully saturated rings. The van der Waals surface area contributed by atoms with E-state index < -0.39 is 0 Å². The van der Waals surface area contributed by atoms with E-state index in [1.807, 2.05) is 67.4 Å². The molecular weight excluding hydrogens is 342 g/mol. The molecule has 0 radical (unpaired) electrons. The minimum absolute atomic E-state index is 0.0255. The molecule has 0 aromatic heterocycles. The molecule has 1 aliphatic rings. The second-order valence-electron chi connectivity index (χ2n) is 6.90. The standard InChI is InChI=1S/C21H25N3O3/c1-15-12-20(25)22-18-6-4-5-7-19(18)24(15)21(26)14-23(2)13-16-8-10-17(27-3)11-9-16/h4-11,15H,12-14H2,1-3H3,(H,22,25)/t15-/m1/s1. The van der Waals surface area contributed by atoms with Gasteiger partial charge in [0.25, 0.3) is 0 Å². The first-order chi connectivity index (χ1) is 13.0. The Labute approximate surface area is 159 Å². The van der Waals surface area contributed by atoms with Crippen molar-refractivity contribution in [3.8, 4) is 5.75 Å². The molecule has 1 N–H and O–H groups in total. The molecule has 2 amide bonds. The summed E-state index contributed by atoms with van der Waals surface area (Å²) < 4.78 is 5.18. The monoisotopic (exact) mass is 367 g/mol. The number of ether oxygens (including phenoxy) is 1. The van der Waals surface area contributed by atoms with Crippen LogP contribution in [0.4, 0.5) is 11.4 Å². The summed E-state index contributed by atoms with van der Waals surface area (Å²) in [6.07, 6.45) is 0.280. The first-order valence-electron chi connectivity index (χ1n) is 9.00. The number of likely N-dealkylation sites (N-methyl/N-ethyl adjacent to an activating group) is 1. The predicted octanol–water partition coefficient (Wildman–Crippen LogP) is 2.89. The molecule has 27 heavy (non-hydrogen) atoms. The predicted molar refractivity (Wildman–Crippen MR) is 106 cm³/mol. The maximum Gasteiger partial charge on any atom is 0.241 e. The number of hydrogen-bond acceptors (Lipinski definition) is 4. The smallest absolute Gasteiger partial charge is 0.241 e. The highest BCUT2D eigenvalue weighted by Crippen LogP contribution is 2.31. The fourth-order valence-electron chi connectivity index (χ4n) is 3.37. The van der Waals surface area contributed by atoms with Gasteiger partial charge in [0.2, 0.25) is 11.8 Å². The molecule has 0 spiro atoms. The molecule has 2 aromatic rings. The van der Waals surface area contributed by atoms with Crippen LogP contribution in [0.5, 0.6) is 5.75 Å². The third-order valence-electron chi connectivity index (χ3n) is 4.64. The van der Waals surface area contributed by atoms with E-state index in [1.54, 1.807) is 12.0 Å². The van der Waals surface area contributed by atoms with Crippen molar-refractivity contribution in [1.82, 2.24) is 4.90 Å². The van der Waals surface area contributed by atoms with E-state index in [0.717, 1.165) is 17.0 Å². The van der Waals surface area contributed by atoms with Crippen molar-refractivity contribution in [3.05, 3.63) is 54.1 Å². The quantitative estimate of drug-likeness (QED) is 0.883. The van der Waals surface area contributed by atoms with Crippen molar-refractivity contribution in [2.75, 3.05) is 30.9 Å². The molecule has 0 saturated heterocycles. The number of hydrogen-bond donors (Lipinski definition) is 1. The lowest BCUT2D eigenvalue weighted by molar-refractivity contribution is -0.120. The van der Waals surface area contributed by atoms with Gasteiger partial charge in [0.1, 0.15) is 5.75 Å². The average molecular weight is 367 g/mol. The van der Waals surface area contributed by atoms with E-state index in [9.17, 15) is 9.59 Å². The van der Waals surface area contributed by atoms with Crippen LogP contribution >= 0.6 is 0 Å². The van der Waals surface area contributed by atoms with Gasteiger partial charge in [0.05, 0.1) is 25.0 Å². The van der Waals surface area contributed by atoms with Crippen molar-refractivity contribution in [1.29, 1.82) is 0 Å². The zero-order valence-electron chi connectivity index (χ0n) is 15.9. The number of nitrogens with zero attached hydrogens (tertiary/aromatic N) is 2. The molecule has 0 bridgehead atoms. The molecule has 1 aliphatic heterocycles. The Morgan fingerprint density at radius 1 is 1.22 bits per heavy atom. The molecule has 3 rings (SSSR count). The molecule has 0 aliphatic carbocycles. The van der Waals surface area contributed by atoms with Crippen LogP contribution in [0.1, 0.15) is 18.9 Å². The topological polar surface area (TPSA) is 61.9 Å². The number of nitrogens with one attached hydrogen (secondary N) is 1. The Morgan fingerprint density at radius 2 is 1.93 bits per heavy atom. The average Bonchev–Trinajstić information content (AvgIpc) is 2.76. The number of carbonyl (C=O) groups excluding carboxylic acids is 2. The minimum atomic E-state index is -0.199. The largest absolute Gasteiger partial charge is 0.497 e. The van der Waals surface area contributed by atoms with Gasteiger partial charge in [0.15, 0.2) is 0 Å². The van der Waals surface area contributed by atoms with Crippen LogP contribution in [0.3, 0.4) is 0 Å². The highest BCUT2D eigenvalue weighted by Gasteiger charge is 2.29. The first-order valence-corrected chi connectivity index (χ1v) is 9.00. The Hall–Kier alpha value is -2.86. The second-order valence-corrected chi connectivity index (χ2v) is 6.90. The van der Waals surface area contributed by atoms with Crippen LogP contribution in [-0.4, -0.2) is 43.5 Å². The van der Waals surface area contributed by atoms with Crippen LogP contribution in [0, 0.1) is 0 Å². The van der Waals surface area contributed by atoms with Gasteiger partial charge >= 0.3 is 0 Å². The number of fused-ring (bicyclic) bond motifs is 1. The number of methoxy groups -OCH3 is 1. The van der Waals surface area contributed by atoms with E-state index in [0.29, 0.717) is 12.2 Å². The third-order valence-corrected chi connectivity index (χ3v) is 4.64. The lowest BCUT2D eigenvalue weighted by Crippen LogP contribution is -2.44. The van der Waals surface area contributed by atoms with Crippen LogP contribution in [-0.2, 0) is 16.1 Å². The number of para-hydroxylation sites is 2. The molecule has 2 aromatic carbocycles. The Bertz CT molecular complexity index is 820. The number of rotatable bonds is 5. The van der Waals surface area contributed by atoms with E-state index in [2.05, 4.69) is 5.32 Å². The Morgan fingerprint density at radius 3 is 2.63 bits per heavy atom. The normalized spacial score (nSPS) is 16.5. The highest BCUT2D eigenvalue weighted by atomic mass is 16.5. The molecular formula is C21H25N3O3. The van der Waals surface area contributed by atoms with Crippen molar-refractivity contribution < 1.29 is 14.3 Å². The second kappa shape index (κ2) is 8.22. The molecule has 6 heteroatoms. The molecule has 6 nitrogen and oxygen atoms in total. The molecule has 0 saturated carbocycles. The summed E-state index contributed by atoms with van der Waals surface area (Å²) in [6.45, 7) is 2.82. The van der Waals surface area contributed by atoms with Crippen LogP contribution < -0.4 is 15.0 Å². The van der Waals surface area contributed by atoms with Crippen LogP contribution in [0.25, 0.3) is 0 Å². The SMILES string of the molecule is COc1ccc(CN(C)CC(=O)N2c3ccccc3NC(=O)C[C@H]2C)cc1. The van der Waals surface area contributed by atoms with Crippen molar-refractivity contribution in [2.24, 2.45) is 0 Å². The molecule has 0 unspecified atom stereocenters. The maximum absolute atomic E-state index is 13.1. The van der Waals surface area contributed by atoms with E-state index in [-0.39, 0.29) is 30.8 Å². The van der Waals surface area contributed by atoms with Crippen LogP contribution in [0.15, 0.2) is 48.5 Å². The van der Waals surface area contributed by atoms with Crippen molar-refractivity contribution in [3.63, 3.8) is 0 Å². The third kappa shape index (κ3) is 4.46. The van der Waals surface area contributed by atoms with Gasteiger partial charge in [-0.25, -0.2) is 0 Å². The summed E-state index contributed by atoms with van der Waals surface area (Å²) in [5, 5.41) is 2.88. The number of anilines is 2. The summed E-state index contributed by atoms with van der Waals surface area (Å²) in [7, 11) is 3.56. The van der Waals surface area contributed by atoms with Gasteiger partial charge in [-0.1, -0.05) is 24.3 Å². The fraction of sp³-hybridized carbons (Fsp3) is 0.333. The van der Waals surface area contributed by atoms with Gasteiger partial charge in [0, 0.05) is 19.0 Å². The summed E-state index contributed by atoms with van der Waals surface area (Å²) in [4.78, 5) is 28.8. The number of benzene rings is 2. The van der Waals surface area contributed by atoms with Crippen LogP contribution in [0.2, 0.25) is 0 Å². The van der Waals surface area contributed by atoms with Crippen molar-refractivity contribution >= 4 is 23.2 Å². The highest BCUT2D eigenvalue weighted by molar-refractivity contribution is 6.04. The summed E-state index contributed by atoms with van der Waals surface area (Å²) >= 11 is 0. The number of carbonyl (C=O) groups is 2. The lowest BCUT2D eigenvalue weighted by atomic mass is 10.1. The molecule has 1 heterocycles. The zero-order chi connectivity index (χ0) is 19.4. The molecule has 142 valence electrons. The van der Waals surface area contributed by atoms with Gasteiger partial charge < -0.3 is 15.0 Å². The summed E-state index contributed by atoms with van der Waals surface area (Å²) in [6, 6.07) is 15.0. The Balaban J connectivity index is 1.73. The van der Waals surface area contributed by atoms with E-state index >= 15 is 0 Å². The summed E-state index contributed by atoms with van der Waals surface area (Å²) in [5.41, 5.74) is 2.53. The maximum atomic E-state index is 13.1. The van der Waals surface area contributed by atoms with Gasteiger partial charge in [-0.3, -0.25) is 14.5 Å². The van der Waals surface area contributed by atoms with Gasteiger partial charge in [-0.05, 0) is 43.8 Å². The fourth-order valence-corrected chi connectivity index (χ4v) is 3.37. The molecule has 1 atom stereocenters. The van der Waals surface area contributed by atoms with Crippen molar-refractivity contribution in [2.45, 2.75) is 25.9 Å². The zero-order valence-corrected chi connectivity index (χ0v) is 15.9. The van der Waals surface area contributed by atoms with Gasteiger partial charge in [-0.2, -0.15) is 0 Å². The minimum Gasteiger partial charge on any atom is -0.497 e. The Kier molecular flexibility index (Phi) is 5.76. The summed E-state index contributed by atoms with van der Waals surface area (Å²) in [5.74, 6) is 0.712. The number of amides is 2.